The van der Waals surface area contributed by atoms with Crippen LogP contribution in [0.1, 0.15) is 72.1 Å². The normalized spacial score (nSPS) is 26.1. The van der Waals surface area contributed by atoms with E-state index in [1.165, 1.54) is 38.3 Å². The van der Waals surface area contributed by atoms with Crippen molar-refractivity contribution in [1.29, 1.82) is 0 Å². The predicted octanol–water partition coefficient (Wildman–Crippen LogP) is 5.68. The molecule has 5 heteroatoms. The fraction of sp³-hybridized carbons (Fsp3) is 0.667. The van der Waals surface area contributed by atoms with Gasteiger partial charge in [0.1, 0.15) is 11.4 Å². The summed E-state index contributed by atoms with van der Waals surface area (Å²) in [4.78, 5) is 18.7. The molecule has 1 heterocycles. The summed E-state index contributed by atoms with van der Waals surface area (Å²) < 4.78 is 11.0. The molecule has 0 amide bonds. The number of methoxy groups -OCH3 is 1. The zero-order valence-corrected chi connectivity index (χ0v) is 18.7. The highest BCUT2D eigenvalue weighted by Crippen LogP contribution is 2.42. The quantitative estimate of drug-likeness (QED) is 0.416. The minimum Gasteiger partial charge on any atom is -0.497 e. The maximum Gasteiger partial charge on any atom is 0.303 e. The summed E-state index contributed by atoms with van der Waals surface area (Å²) in [5, 5.41) is 0. The molecule has 2 aliphatic rings. The summed E-state index contributed by atoms with van der Waals surface area (Å²) in [6.45, 7) is 5.87. The first-order valence-electron chi connectivity index (χ1n) is 11.0. The Kier molecular flexibility index (Phi) is 6.86. The molecule has 0 radical (unpaired) electrons. The third kappa shape index (κ3) is 4.93. The number of aliphatic imine (C=N–C) groups is 1. The van der Waals surface area contributed by atoms with E-state index < -0.39 is 0 Å². The first-order valence-corrected chi connectivity index (χ1v) is 11.0. The summed E-state index contributed by atoms with van der Waals surface area (Å²) in [6, 6.07) is 6.39. The average molecular weight is 401 g/mol. The largest absolute Gasteiger partial charge is 0.497 e. The van der Waals surface area contributed by atoms with Crippen LogP contribution in [0.15, 0.2) is 23.2 Å². The topological polar surface area (TPSA) is 51.1 Å². The number of nitrogens with zero attached hydrogens (tertiary/aromatic N) is 2. The van der Waals surface area contributed by atoms with Gasteiger partial charge in [-0.15, -0.1) is 0 Å². The van der Waals surface area contributed by atoms with Gasteiger partial charge in [-0.3, -0.25) is 9.79 Å². The lowest BCUT2D eigenvalue weighted by Crippen LogP contribution is -2.38. The molecule has 29 heavy (non-hydrogen) atoms. The van der Waals surface area contributed by atoms with Gasteiger partial charge in [0, 0.05) is 25.7 Å². The maximum absolute atomic E-state index is 11.4. The van der Waals surface area contributed by atoms with E-state index in [4.69, 9.17) is 14.5 Å². The van der Waals surface area contributed by atoms with Gasteiger partial charge in [-0.25, -0.2) is 0 Å². The summed E-state index contributed by atoms with van der Waals surface area (Å²) in [5.74, 6) is 1.23. The van der Waals surface area contributed by atoms with Crippen LogP contribution in [-0.2, 0) is 9.53 Å². The van der Waals surface area contributed by atoms with Crippen LogP contribution in [-0.4, -0.2) is 37.5 Å². The van der Waals surface area contributed by atoms with Crippen LogP contribution < -0.4 is 9.64 Å². The number of hydrogen-bond donors (Lipinski definition) is 0. The Morgan fingerprint density at radius 2 is 2.10 bits per heavy atom. The minimum atomic E-state index is -0.249. The average Bonchev–Trinajstić information content (AvgIpc) is 3.04. The molecular formula is C24H36N2O3. The lowest BCUT2D eigenvalue weighted by atomic mass is 9.87. The van der Waals surface area contributed by atoms with Gasteiger partial charge in [0.2, 0.25) is 0 Å². The van der Waals surface area contributed by atoms with Crippen LogP contribution >= 0.6 is 0 Å². The van der Waals surface area contributed by atoms with Crippen molar-refractivity contribution in [1.82, 2.24) is 0 Å². The number of carbonyl (C=O) groups is 1. The SMILES string of the molecule is COc1ccc2c(c1)N(C)C(C)C(CCCCCC1CCC[C@@]1(C)OC(C)=O)=N2. The number of unbranched alkanes of at least 4 members (excludes halogenated alkanes) is 2. The van der Waals surface area contributed by atoms with E-state index in [2.05, 4.69) is 31.9 Å². The highest BCUT2D eigenvalue weighted by molar-refractivity contribution is 5.98. The lowest BCUT2D eigenvalue weighted by Gasteiger charge is -2.33. The second-order valence-electron chi connectivity index (χ2n) is 8.84. The number of rotatable bonds is 8. The fourth-order valence-corrected chi connectivity index (χ4v) is 4.95. The minimum absolute atomic E-state index is 0.147. The number of hydrogen-bond acceptors (Lipinski definition) is 5. The molecule has 1 aliphatic heterocycles. The van der Waals surface area contributed by atoms with Gasteiger partial charge in [-0.1, -0.05) is 12.8 Å². The predicted molar refractivity (Wildman–Crippen MR) is 119 cm³/mol. The molecule has 160 valence electrons. The molecule has 0 N–H and O–H groups in total. The van der Waals surface area contributed by atoms with Gasteiger partial charge < -0.3 is 14.4 Å². The number of ether oxygens (including phenoxy) is 2. The highest BCUT2D eigenvalue weighted by Gasteiger charge is 2.40. The molecule has 1 aliphatic carbocycles. The molecule has 3 atom stereocenters. The summed E-state index contributed by atoms with van der Waals surface area (Å²) >= 11 is 0. The Labute approximate surface area is 175 Å². The van der Waals surface area contributed by atoms with Crippen molar-refractivity contribution in [2.75, 3.05) is 19.1 Å². The molecule has 0 saturated heterocycles. The van der Waals surface area contributed by atoms with Crippen molar-refractivity contribution in [3.63, 3.8) is 0 Å². The Morgan fingerprint density at radius 3 is 2.83 bits per heavy atom. The van der Waals surface area contributed by atoms with Crippen molar-refractivity contribution in [2.24, 2.45) is 10.9 Å². The molecule has 1 aromatic carbocycles. The van der Waals surface area contributed by atoms with E-state index in [0.29, 0.717) is 12.0 Å². The zero-order chi connectivity index (χ0) is 21.0. The number of anilines is 1. The summed E-state index contributed by atoms with van der Waals surface area (Å²) in [6.07, 6.45) is 9.06. The van der Waals surface area contributed by atoms with Crippen molar-refractivity contribution < 1.29 is 14.3 Å². The molecule has 0 spiro atoms. The number of carbonyl (C=O) groups excluding carboxylic acids is 1. The van der Waals surface area contributed by atoms with Gasteiger partial charge in [0.15, 0.2) is 0 Å². The zero-order valence-electron chi connectivity index (χ0n) is 18.7. The lowest BCUT2D eigenvalue weighted by molar-refractivity contribution is -0.159. The Balaban J connectivity index is 1.50. The fourth-order valence-electron chi connectivity index (χ4n) is 4.95. The van der Waals surface area contributed by atoms with Crippen LogP contribution in [0.5, 0.6) is 5.75 Å². The van der Waals surface area contributed by atoms with E-state index in [1.807, 2.05) is 12.1 Å². The monoisotopic (exact) mass is 400 g/mol. The Hall–Kier alpha value is -2.04. The highest BCUT2D eigenvalue weighted by atomic mass is 16.6. The molecule has 0 aromatic heterocycles. The molecule has 0 bridgehead atoms. The van der Waals surface area contributed by atoms with E-state index in [9.17, 15) is 4.79 Å². The Morgan fingerprint density at radius 1 is 1.31 bits per heavy atom. The molecule has 3 rings (SSSR count). The van der Waals surface area contributed by atoms with Gasteiger partial charge in [-0.2, -0.15) is 0 Å². The van der Waals surface area contributed by atoms with E-state index in [-0.39, 0.29) is 11.6 Å². The molecule has 2 unspecified atom stereocenters. The first kappa shape index (κ1) is 21.7. The maximum atomic E-state index is 11.4. The van der Waals surface area contributed by atoms with Crippen LogP contribution in [0.25, 0.3) is 0 Å². The van der Waals surface area contributed by atoms with Crippen LogP contribution in [0, 0.1) is 5.92 Å². The second kappa shape index (κ2) is 9.19. The van der Waals surface area contributed by atoms with Crippen molar-refractivity contribution in [3.8, 4) is 5.75 Å². The molecule has 1 aromatic rings. The standard InChI is InChI=1S/C24H36N2O3/c1-17-21(25-22-14-13-20(28-5)16-23(22)26(17)4)12-8-6-7-10-19-11-9-15-24(19,3)29-18(2)27/h13-14,16-17,19H,6-12,15H2,1-5H3/t17?,19?,24-/m1/s1. The molecule has 1 saturated carbocycles. The third-order valence-corrected chi connectivity index (χ3v) is 6.84. The van der Waals surface area contributed by atoms with Crippen LogP contribution in [0.4, 0.5) is 11.4 Å². The first-order chi connectivity index (χ1) is 13.8. The number of benzene rings is 1. The van der Waals surface area contributed by atoms with Gasteiger partial charge in [0.05, 0.1) is 24.5 Å². The van der Waals surface area contributed by atoms with Crippen LogP contribution in [0.3, 0.4) is 0 Å². The third-order valence-electron chi connectivity index (χ3n) is 6.84. The Bertz CT molecular complexity index is 760. The molecule has 5 nitrogen and oxygen atoms in total. The van der Waals surface area contributed by atoms with Gasteiger partial charge in [-0.05, 0) is 70.4 Å². The number of esters is 1. The molecule has 1 fully saturated rings. The van der Waals surface area contributed by atoms with Crippen molar-refractivity contribution in [3.05, 3.63) is 18.2 Å². The van der Waals surface area contributed by atoms with E-state index >= 15 is 0 Å². The van der Waals surface area contributed by atoms with Crippen molar-refractivity contribution in [2.45, 2.75) is 83.8 Å². The van der Waals surface area contributed by atoms with Gasteiger partial charge >= 0.3 is 5.97 Å². The summed E-state index contributed by atoms with van der Waals surface area (Å²) in [7, 11) is 3.83. The van der Waals surface area contributed by atoms with Gasteiger partial charge in [0.25, 0.3) is 0 Å². The summed E-state index contributed by atoms with van der Waals surface area (Å²) in [5.41, 5.74) is 3.17. The van der Waals surface area contributed by atoms with E-state index in [0.717, 1.165) is 42.8 Å². The second-order valence-corrected chi connectivity index (χ2v) is 8.84. The van der Waals surface area contributed by atoms with Crippen molar-refractivity contribution >= 4 is 23.1 Å². The van der Waals surface area contributed by atoms with Crippen LogP contribution in [0.2, 0.25) is 0 Å². The van der Waals surface area contributed by atoms with E-state index in [1.54, 1.807) is 7.11 Å². The smallest absolute Gasteiger partial charge is 0.303 e. The number of fused-ring (bicyclic) bond motifs is 1. The molecular weight excluding hydrogens is 364 g/mol.